The maximum absolute atomic E-state index is 13.6. The lowest BCUT2D eigenvalue weighted by molar-refractivity contribution is -0.124. The van der Waals surface area contributed by atoms with Gasteiger partial charge in [-0.2, -0.15) is 0 Å². The van der Waals surface area contributed by atoms with Gasteiger partial charge in [0.1, 0.15) is 0 Å². The van der Waals surface area contributed by atoms with E-state index in [1.165, 1.54) is 14.2 Å². The first kappa shape index (κ1) is 25.2. The van der Waals surface area contributed by atoms with Crippen LogP contribution in [-0.4, -0.2) is 72.5 Å². The van der Waals surface area contributed by atoms with Gasteiger partial charge in [-0.1, -0.05) is 6.07 Å². The Balaban J connectivity index is 2.15. The van der Waals surface area contributed by atoms with Crippen LogP contribution in [0.2, 0.25) is 0 Å². The van der Waals surface area contributed by atoms with E-state index in [0.717, 1.165) is 5.56 Å². The number of rotatable bonds is 10. The number of fused-ring (bicyclic) bond motifs is 1. The Morgan fingerprint density at radius 1 is 0.912 bits per heavy atom. The molecule has 0 aromatic heterocycles. The number of carbonyl (C=O) groups is 2. The third-order valence-electron chi connectivity index (χ3n) is 6.03. The number of nitrogens with one attached hydrogen (secondary N) is 1. The summed E-state index contributed by atoms with van der Waals surface area (Å²) >= 11 is 0. The first-order valence-electron chi connectivity index (χ1n) is 10.9. The minimum absolute atomic E-state index is 0.205. The van der Waals surface area contributed by atoms with E-state index < -0.39 is 12.0 Å². The molecule has 2 atom stereocenters. The van der Waals surface area contributed by atoms with Gasteiger partial charge in [0.05, 0.1) is 40.4 Å². The van der Waals surface area contributed by atoms with E-state index in [0.29, 0.717) is 53.7 Å². The zero-order valence-electron chi connectivity index (χ0n) is 20.5. The summed E-state index contributed by atoms with van der Waals surface area (Å²) in [7, 11) is 9.44. The highest BCUT2D eigenvalue weighted by molar-refractivity contribution is 6.02. The van der Waals surface area contributed by atoms with Crippen molar-refractivity contribution in [2.24, 2.45) is 0 Å². The van der Waals surface area contributed by atoms with E-state index in [1.54, 1.807) is 57.5 Å². The molecular formula is C25H32N2O7. The Bertz CT molecular complexity index is 1040. The van der Waals surface area contributed by atoms with Gasteiger partial charge >= 0.3 is 0 Å². The fourth-order valence-corrected chi connectivity index (χ4v) is 4.32. The molecule has 2 aromatic rings. The number of hydrogen-bond acceptors (Lipinski definition) is 7. The number of hydrogen-bond donors (Lipinski definition) is 1. The van der Waals surface area contributed by atoms with Crippen molar-refractivity contribution in [2.75, 3.05) is 55.7 Å². The molecule has 9 nitrogen and oxygen atoms in total. The van der Waals surface area contributed by atoms with Crippen molar-refractivity contribution in [1.82, 2.24) is 10.2 Å². The van der Waals surface area contributed by atoms with Crippen molar-refractivity contribution in [1.29, 1.82) is 0 Å². The van der Waals surface area contributed by atoms with Gasteiger partial charge in [0.2, 0.25) is 5.91 Å². The highest BCUT2D eigenvalue weighted by Crippen LogP contribution is 2.46. The second-order valence-corrected chi connectivity index (χ2v) is 7.88. The minimum Gasteiger partial charge on any atom is -0.493 e. The van der Waals surface area contributed by atoms with Gasteiger partial charge in [0, 0.05) is 32.9 Å². The molecule has 0 unspecified atom stereocenters. The first-order valence-corrected chi connectivity index (χ1v) is 10.9. The predicted molar refractivity (Wildman–Crippen MR) is 126 cm³/mol. The number of benzene rings is 2. The molecular weight excluding hydrogens is 440 g/mol. The molecule has 34 heavy (non-hydrogen) atoms. The zero-order chi connectivity index (χ0) is 24.8. The first-order chi connectivity index (χ1) is 16.4. The zero-order valence-corrected chi connectivity index (χ0v) is 20.5. The Labute approximate surface area is 199 Å². The molecule has 1 aliphatic heterocycles. The van der Waals surface area contributed by atoms with Gasteiger partial charge in [-0.15, -0.1) is 0 Å². The molecule has 1 N–H and O–H groups in total. The molecule has 1 heterocycles. The molecule has 0 bridgehead atoms. The molecule has 184 valence electrons. The SMILES string of the molecule is COCCCNC(=O)[C@@H]1c2cc(OC)c(OC)cc2C(=O)N(C)[C@H]1c1ccc(OC)c(OC)c1. The molecule has 0 aliphatic carbocycles. The summed E-state index contributed by atoms with van der Waals surface area (Å²) < 4.78 is 26.8. The summed E-state index contributed by atoms with van der Waals surface area (Å²) in [4.78, 5) is 28.6. The Kier molecular flexibility index (Phi) is 8.22. The van der Waals surface area contributed by atoms with Crippen LogP contribution in [0.3, 0.4) is 0 Å². The van der Waals surface area contributed by atoms with Crippen LogP contribution in [0.4, 0.5) is 0 Å². The third-order valence-corrected chi connectivity index (χ3v) is 6.03. The quantitative estimate of drug-likeness (QED) is 0.531. The number of likely N-dealkylation sites (N-methyl/N-ethyl adjacent to an activating group) is 1. The summed E-state index contributed by atoms with van der Waals surface area (Å²) in [6.07, 6.45) is 0.670. The van der Waals surface area contributed by atoms with Crippen molar-refractivity contribution in [3.05, 3.63) is 47.0 Å². The molecule has 0 saturated carbocycles. The second kappa shape index (κ2) is 11.1. The summed E-state index contributed by atoms with van der Waals surface area (Å²) in [5.74, 6) is 0.816. The summed E-state index contributed by atoms with van der Waals surface area (Å²) in [6, 6.07) is 8.16. The molecule has 0 spiro atoms. The summed E-state index contributed by atoms with van der Waals surface area (Å²) in [6.45, 7) is 0.978. The molecule has 9 heteroatoms. The topological polar surface area (TPSA) is 95.6 Å². The van der Waals surface area contributed by atoms with Crippen molar-refractivity contribution in [2.45, 2.75) is 18.4 Å². The van der Waals surface area contributed by atoms with Gasteiger partial charge in [-0.3, -0.25) is 9.59 Å². The van der Waals surface area contributed by atoms with E-state index >= 15 is 0 Å². The molecule has 0 saturated heterocycles. The van der Waals surface area contributed by atoms with Crippen LogP contribution < -0.4 is 24.3 Å². The summed E-state index contributed by atoms with van der Waals surface area (Å²) in [5.41, 5.74) is 1.71. The highest BCUT2D eigenvalue weighted by atomic mass is 16.5. The van der Waals surface area contributed by atoms with E-state index in [4.69, 9.17) is 23.7 Å². The van der Waals surface area contributed by atoms with Crippen molar-refractivity contribution in [3.8, 4) is 23.0 Å². The summed E-state index contributed by atoms with van der Waals surface area (Å²) in [5, 5.41) is 3.00. The maximum Gasteiger partial charge on any atom is 0.254 e. The highest BCUT2D eigenvalue weighted by Gasteiger charge is 2.43. The van der Waals surface area contributed by atoms with Crippen molar-refractivity contribution < 1.29 is 33.3 Å². The standard InChI is InChI=1S/C25H32N2O7/c1-27-23(15-8-9-18(31-3)19(12-15)32-4)22(24(28)26-10-7-11-30-2)16-13-20(33-5)21(34-6)14-17(16)25(27)29/h8-9,12-14,22-23H,7,10-11H2,1-6H3,(H,26,28)/t22-,23+/m1/s1. The molecule has 1 aliphatic rings. The van der Waals surface area contributed by atoms with Gasteiger partial charge in [0.15, 0.2) is 23.0 Å². The van der Waals surface area contributed by atoms with E-state index in [-0.39, 0.29) is 11.8 Å². The number of ether oxygens (including phenoxy) is 5. The molecule has 2 amide bonds. The normalized spacial score (nSPS) is 17.1. The maximum atomic E-state index is 13.6. The minimum atomic E-state index is -0.696. The largest absolute Gasteiger partial charge is 0.493 e. The van der Waals surface area contributed by atoms with Gasteiger partial charge in [-0.05, 0) is 41.8 Å². The lowest BCUT2D eigenvalue weighted by Gasteiger charge is -2.40. The fourth-order valence-electron chi connectivity index (χ4n) is 4.32. The van der Waals surface area contributed by atoms with Crippen LogP contribution in [0.5, 0.6) is 23.0 Å². The third kappa shape index (κ3) is 4.75. The Morgan fingerprint density at radius 2 is 1.53 bits per heavy atom. The van der Waals surface area contributed by atoms with Gasteiger partial charge < -0.3 is 33.9 Å². The van der Waals surface area contributed by atoms with E-state index in [9.17, 15) is 9.59 Å². The average molecular weight is 473 g/mol. The number of methoxy groups -OCH3 is 5. The monoisotopic (exact) mass is 472 g/mol. The number of carbonyl (C=O) groups excluding carboxylic acids is 2. The molecule has 2 aromatic carbocycles. The smallest absolute Gasteiger partial charge is 0.254 e. The van der Waals surface area contributed by atoms with Crippen LogP contribution in [0, 0.1) is 0 Å². The number of amides is 2. The molecule has 0 fully saturated rings. The number of nitrogens with zero attached hydrogens (tertiary/aromatic N) is 1. The van der Waals surface area contributed by atoms with Crippen LogP contribution in [0.1, 0.15) is 39.9 Å². The van der Waals surface area contributed by atoms with E-state index in [1.807, 2.05) is 6.07 Å². The predicted octanol–water partition coefficient (Wildman–Crippen LogP) is 2.78. The van der Waals surface area contributed by atoms with Crippen molar-refractivity contribution in [3.63, 3.8) is 0 Å². The average Bonchev–Trinajstić information content (AvgIpc) is 2.87. The van der Waals surface area contributed by atoms with Crippen LogP contribution in [0.15, 0.2) is 30.3 Å². The van der Waals surface area contributed by atoms with Crippen LogP contribution in [0.25, 0.3) is 0 Å². The van der Waals surface area contributed by atoms with Crippen molar-refractivity contribution >= 4 is 11.8 Å². The van der Waals surface area contributed by atoms with Gasteiger partial charge in [0.25, 0.3) is 5.91 Å². The molecule has 3 rings (SSSR count). The lowest BCUT2D eigenvalue weighted by atomic mass is 9.79. The Morgan fingerprint density at radius 3 is 2.15 bits per heavy atom. The second-order valence-electron chi connectivity index (χ2n) is 7.88. The Hall–Kier alpha value is -3.46. The van der Waals surface area contributed by atoms with Gasteiger partial charge in [-0.25, -0.2) is 0 Å². The fraction of sp³-hybridized carbons (Fsp3) is 0.440. The lowest BCUT2D eigenvalue weighted by Crippen LogP contribution is -2.46. The van der Waals surface area contributed by atoms with Crippen LogP contribution >= 0.6 is 0 Å². The van der Waals surface area contributed by atoms with Crippen LogP contribution in [-0.2, 0) is 9.53 Å². The molecule has 0 radical (unpaired) electrons. The van der Waals surface area contributed by atoms with E-state index in [2.05, 4.69) is 5.32 Å².